The second kappa shape index (κ2) is 7.21. The SMILES string of the molecule is O=C1N/C(=N\N=Cc2ccco2)SC1Cc1cccc(Cl)c1Cl. The van der Waals surface area contributed by atoms with Crippen molar-refractivity contribution in [2.45, 2.75) is 11.7 Å². The molecule has 23 heavy (non-hydrogen) atoms. The maximum atomic E-state index is 12.0. The van der Waals surface area contributed by atoms with Crippen LogP contribution in [0.2, 0.25) is 10.0 Å². The number of carbonyl (C=O) groups is 1. The Kier molecular flexibility index (Phi) is 5.05. The van der Waals surface area contributed by atoms with E-state index in [-0.39, 0.29) is 11.2 Å². The second-order valence-electron chi connectivity index (χ2n) is 4.68. The first-order valence-electron chi connectivity index (χ1n) is 6.68. The van der Waals surface area contributed by atoms with Gasteiger partial charge in [0.15, 0.2) is 5.17 Å². The van der Waals surface area contributed by atoms with E-state index in [1.807, 2.05) is 12.1 Å². The highest BCUT2D eigenvalue weighted by Gasteiger charge is 2.31. The fourth-order valence-electron chi connectivity index (χ4n) is 2.00. The number of benzene rings is 1. The van der Waals surface area contributed by atoms with E-state index in [1.54, 1.807) is 24.5 Å². The largest absolute Gasteiger partial charge is 0.463 e. The van der Waals surface area contributed by atoms with Crippen molar-refractivity contribution >= 4 is 52.3 Å². The summed E-state index contributed by atoms with van der Waals surface area (Å²) in [5, 5.41) is 11.6. The van der Waals surface area contributed by atoms with Gasteiger partial charge in [-0.1, -0.05) is 47.1 Å². The summed E-state index contributed by atoms with van der Waals surface area (Å²) in [4.78, 5) is 12.0. The minimum absolute atomic E-state index is 0.127. The van der Waals surface area contributed by atoms with Crippen molar-refractivity contribution in [1.82, 2.24) is 5.32 Å². The van der Waals surface area contributed by atoms with Crippen LogP contribution in [0.4, 0.5) is 0 Å². The quantitative estimate of drug-likeness (QED) is 0.660. The molecule has 0 aliphatic carbocycles. The Morgan fingerprint density at radius 1 is 1.30 bits per heavy atom. The van der Waals surface area contributed by atoms with Crippen LogP contribution in [-0.2, 0) is 11.2 Å². The van der Waals surface area contributed by atoms with E-state index in [0.717, 1.165) is 5.56 Å². The molecule has 2 heterocycles. The normalized spacial score (nSPS) is 19.7. The fourth-order valence-corrected chi connectivity index (χ4v) is 3.34. The summed E-state index contributed by atoms with van der Waals surface area (Å²) in [6.45, 7) is 0. The molecule has 0 saturated carbocycles. The van der Waals surface area contributed by atoms with E-state index in [0.29, 0.717) is 27.4 Å². The van der Waals surface area contributed by atoms with Gasteiger partial charge in [-0.05, 0) is 30.2 Å². The van der Waals surface area contributed by atoms with Gasteiger partial charge in [-0.3, -0.25) is 4.79 Å². The Morgan fingerprint density at radius 3 is 2.96 bits per heavy atom. The Balaban J connectivity index is 1.66. The van der Waals surface area contributed by atoms with Crippen LogP contribution in [-0.4, -0.2) is 22.5 Å². The lowest BCUT2D eigenvalue weighted by Gasteiger charge is -2.08. The van der Waals surface area contributed by atoms with Crippen molar-refractivity contribution in [2.75, 3.05) is 0 Å². The molecule has 1 amide bonds. The molecule has 1 saturated heterocycles. The van der Waals surface area contributed by atoms with Crippen molar-refractivity contribution in [1.29, 1.82) is 0 Å². The van der Waals surface area contributed by atoms with E-state index in [2.05, 4.69) is 15.5 Å². The lowest BCUT2D eigenvalue weighted by atomic mass is 10.1. The van der Waals surface area contributed by atoms with Gasteiger partial charge in [-0.25, -0.2) is 0 Å². The molecule has 5 nitrogen and oxygen atoms in total. The first-order chi connectivity index (χ1) is 11.1. The molecule has 2 aromatic rings. The van der Waals surface area contributed by atoms with E-state index < -0.39 is 0 Å². The molecule has 0 radical (unpaired) electrons. The van der Waals surface area contributed by atoms with Gasteiger partial charge in [0.1, 0.15) is 5.76 Å². The minimum atomic E-state index is -0.316. The number of hydrogen-bond donors (Lipinski definition) is 1. The average molecular weight is 368 g/mol. The Labute approximate surface area is 146 Å². The number of rotatable bonds is 4. The van der Waals surface area contributed by atoms with Crippen molar-refractivity contribution in [3.63, 3.8) is 0 Å². The molecule has 1 aromatic heterocycles. The van der Waals surface area contributed by atoms with Gasteiger partial charge >= 0.3 is 0 Å². The Hall–Kier alpha value is -1.76. The predicted octanol–water partition coefficient (Wildman–Crippen LogP) is 3.75. The summed E-state index contributed by atoms with van der Waals surface area (Å²) in [6, 6.07) is 8.89. The molecule has 0 bridgehead atoms. The molecule has 0 spiro atoms. The molecule has 1 N–H and O–H groups in total. The molecular weight excluding hydrogens is 357 g/mol. The molecule has 1 fully saturated rings. The number of nitrogens with one attached hydrogen (secondary N) is 1. The van der Waals surface area contributed by atoms with Crippen LogP contribution in [0.3, 0.4) is 0 Å². The van der Waals surface area contributed by atoms with Gasteiger partial charge < -0.3 is 9.73 Å². The molecule has 3 rings (SSSR count). The highest BCUT2D eigenvalue weighted by atomic mass is 35.5. The van der Waals surface area contributed by atoms with E-state index in [9.17, 15) is 4.79 Å². The van der Waals surface area contributed by atoms with Crippen molar-refractivity contribution in [2.24, 2.45) is 10.2 Å². The third kappa shape index (κ3) is 3.96. The molecular formula is C15H11Cl2N3O2S. The lowest BCUT2D eigenvalue weighted by Crippen LogP contribution is -2.26. The number of hydrogen-bond acceptors (Lipinski definition) is 5. The Bertz CT molecular complexity index is 775. The van der Waals surface area contributed by atoms with Gasteiger partial charge in [0.05, 0.1) is 27.8 Å². The molecule has 1 aliphatic heterocycles. The Morgan fingerprint density at radius 2 is 2.17 bits per heavy atom. The van der Waals surface area contributed by atoms with Crippen LogP contribution < -0.4 is 5.32 Å². The fraction of sp³-hybridized carbons (Fsp3) is 0.133. The predicted molar refractivity (Wildman–Crippen MR) is 93.4 cm³/mol. The van der Waals surface area contributed by atoms with E-state index >= 15 is 0 Å². The maximum Gasteiger partial charge on any atom is 0.239 e. The van der Waals surface area contributed by atoms with Crippen LogP contribution in [0, 0.1) is 0 Å². The summed E-state index contributed by atoms with van der Waals surface area (Å²) in [5.74, 6) is 0.462. The van der Waals surface area contributed by atoms with Crippen LogP contribution in [0.15, 0.2) is 51.2 Å². The van der Waals surface area contributed by atoms with Crippen molar-refractivity contribution in [3.8, 4) is 0 Å². The van der Waals surface area contributed by atoms with Gasteiger partial charge in [0, 0.05) is 0 Å². The summed E-state index contributed by atoms with van der Waals surface area (Å²) in [5.41, 5.74) is 0.826. The smallest absolute Gasteiger partial charge is 0.239 e. The number of carbonyl (C=O) groups excluding carboxylic acids is 1. The van der Waals surface area contributed by atoms with Crippen LogP contribution in [0.25, 0.3) is 0 Å². The monoisotopic (exact) mass is 367 g/mol. The van der Waals surface area contributed by atoms with E-state index in [1.165, 1.54) is 18.0 Å². The summed E-state index contributed by atoms with van der Waals surface area (Å²) < 4.78 is 5.10. The molecule has 1 aromatic carbocycles. The number of amidine groups is 1. The van der Waals surface area contributed by atoms with E-state index in [4.69, 9.17) is 27.6 Å². The molecule has 1 unspecified atom stereocenters. The number of halogens is 2. The second-order valence-corrected chi connectivity index (χ2v) is 6.65. The standard InChI is InChI=1S/C15H11Cl2N3O2S/c16-11-5-1-3-9(13(11)17)7-12-14(21)19-15(23-12)20-18-8-10-4-2-6-22-10/h1-6,8,12H,7H2,(H,19,20,21). The third-order valence-electron chi connectivity index (χ3n) is 3.09. The minimum Gasteiger partial charge on any atom is -0.463 e. The summed E-state index contributed by atoms with van der Waals surface area (Å²) in [7, 11) is 0. The van der Waals surface area contributed by atoms with Crippen molar-refractivity contribution < 1.29 is 9.21 Å². The third-order valence-corrected chi connectivity index (χ3v) is 5.02. The number of thioether (sulfide) groups is 1. The summed E-state index contributed by atoms with van der Waals surface area (Å²) in [6.07, 6.45) is 3.49. The zero-order chi connectivity index (χ0) is 16.2. The molecule has 1 aliphatic rings. The van der Waals surface area contributed by atoms with Gasteiger partial charge in [-0.2, -0.15) is 5.10 Å². The van der Waals surface area contributed by atoms with Gasteiger partial charge in [0.25, 0.3) is 0 Å². The lowest BCUT2D eigenvalue weighted by molar-refractivity contribution is -0.118. The number of furan rings is 1. The van der Waals surface area contributed by atoms with Crippen LogP contribution in [0.5, 0.6) is 0 Å². The highest BCUT2D eigenvalue weighted by Crippen LogP contribution is 2.30. The van der Waals surface area contributed by atoms with Crippen LogP contribution >= 0.6 is 35.0 Å². The summed E-state index contributed by atoms with van der Waals surface area (Å²) >= 11 is 13.5. The maximum absolute atomic E-state index is 12.0. The molecule has 1 atom stereocenters. The highest BCUT2D eigenvalue weighted by molar-refractivity contribution is 8.15. The molecule has 118 valence electrons. The van der Waals surface area contributed by atoms with Gasteiger partial charge in [0.2, 0.25) is 5.91 Å². The zero-order valence-electron chi connectivity index (χ0n) is 11.7. The first kappa shape index (κ1) is 16.1. The number of nitrogens with zero attached hydrogens (tertiary/aromatic N) is 2. The molecule has 8 heteroatoms. The first-order valence-corrected chi connectivity index (χ1v) is 8.32. The number of amides is 1. The van der Waals surface area contributed by atoms with Crippen LogP contribution in [0.1, 0.15) is 11.3 Å². The average Bonchev–Trinajstić information content (AvgIpc) is 3.15. The van der Waals surface area contributed by atoms with Gasteiger partial charge in [-0.15, -0.1) is 5.10 Å². The van der Waals surface area contributed by atoms with Crippen molar-refractivity contribution in [3.05, 3.63) is 58.0 Å². The topological polar surface area (TPSA) is 67.0 Å². The zero-order valence-corrected chi connectivity index (χ0v) is 14.0.